The number of anilines is 1. The van der Waals surface area contributed by atoms with Gasteiger partial charge in [-0.05, 0) is 36.2 Å². The summed E-state index contributed by atoms with van der Waals surface area (Å²) in [4.78, 5) is 32.3. The fourth-order valence-corrected chi connectivity index (χ4v) is 5.05. The number of hydrogen-bond acceptors (Lipinski definition) is 6. The van der Waals surface area contributed by atoms with Crippen molar-refractivity contribution in [2.45, 2.75) is 25.4 Å². The van der Waals surface area contributed by atoms with Crippen LogP contribution in [-0.4, -0.2) is 41.6 Å². The first-order chi connectivity index (χ1) is 13.6. The fourth-order valence-electron chi connectivity index (χ4n) is 3.26. The number of rotatable bonds is 6. The number of carbonyl (C=O) groups excluding carboxylic acids is 2. The lowest BCUT2D eigenvalue weighted by molar-refractivity contribution is -0.116. The Labute approximate surface area is 176 Å². The Kier molecular flexibility index (Phi) is 6.04. The van der Waals surface area contributed by atoms with Crippen molar-refractivity contribution < 1.29 is 14.4 Å². The van der Waals surface area contributed by atoms with Gasteiger partial charge in [-0.3, -0.25) is 9.59 Å². The molecule has 1 aromatic carbocycles. The van der Waals surface area contributed by atoms with Crippen molar-refractivity contribution in [2.24, 2.45) is 5.16 Å². The van der Waals surface area contributed by atoms with Crippen LogP contribution in [0.4, 0.5) is 5.69 Å². The van der Waals surface area contributed by atoms with Crippen LogP contribution in [0.5, 0.6) is 0 Å². The molecule has 2 aliphatic heterocycles. The first kappa shape index (κ1) is 19.5. The van der Waals surface area contributed by atoms with Gasteiger partial charge in [0.15, 0.2) is 5.78 Å². The summed E-state index contributed by atoms with van der Waals surface area (Å²) >= 11 is 8.87. The lowest BCUT2D eigenvalue weighted by Crippen LogP contribution is -2.38. The molecule has 0 radical (unpaired) electrons. The van der Waals surface area contributed by atoms with E-state index in [0.29, 0.717) is 34.2 Å². The van der Waals surface area contributed by atoms with Crippen LogP contribution in [0.15, 0.2) is 41.6 Å². The molecular weight excluding hydrogens is 416 g/mol. The number of ketones is 1. The molecule has 0 N–H and O–H groups in total. The Morgan fingerprint density at radius 1 is 1.25 bits per heavy atom. The van der Waals surface area contributed by atoms with Crippen molar-refractivity contribution in [3.8, 4) is 0 Å². The summed E-state index contributed by atoms with van der Waals surface area (Å²) in [6.45, 7) is 0.748. The van der Waals surface area contributed by atoms with Crippen molar-refractivity contribution >= 4 is 57.8 Å². The average molecular weight is 435 g/mol. The van der Waals surface area contributed by atoms with Gasteiger partial charge in [-0.15, -0.1) is 11.3 Å². The number of nitrogens with zero attached hydrogens (tertiary/aromatic N) is 2. The molecule has 8 heteroatoms. The summed E-state index contributed by atoms with van der Waals surface area (Å²) in [7, 11) is 0. The molecule has 1 saturated heterocycles. The van der Waals surface area contributed by atoms with Crippen molar-refractivity contribution in [2.75, 3.05) is 23.0 Å². The van der Waals surface area contributed by atoms with Gasteiger partial charge >= 0.3 is 0 Å². The van der Waals surface area contributed by atoms with Crippen molar-refractivity contribution in [3.63, 3.8) is 0 Å². The predicted octanol–water partition coefficient (Wildman–Crippen LogP) is 4.64. The summed E-state index contributed by atoms with van der Waals surface area (Å²) in [5, 5.41) is 4.20. The van der Waals surface area contributed by atoms with E-state index in [1.54, 1.807) is 23.9 Å². The topological polar surface area (TPSA) is 59.0 Å². The van der Waals surface area contributed by atoms with Crippen LogP contribution in [0.25, 0.3) is 0 Å². The highest BCUT2D eigenvalue weighted by Crippen LogP contribution is 2.26. The number of amides is 1. The number of halogens is 1. The molecule has 0 saturated carbocycles. The molecule has 0 spiro atoms. The molecule has 5 nitrogen and oxygen atoms in total. The normalized spacial score (nSPS) is 19.5. The van der Waals surface area contributed by atoms with Gasteiger partial charge in [-0.1, -0.05) is 28.9 Å². The summed E-state index contributed by atoms with van der Waals surface area (Å²) in [5.74, 6) is 1.75. The quantitative estimate of drug-likeness (QED) is 0.621. The zero-order chi connectivity index (χ0) is 19.5. The molecule has 3 heterocycles. The molecule has 2 aromatic rings. The van der Waals surface area contributed by atoms with Gasteiger partial charge in [0.1, 0.15) is 6.10 Å². The highest BCUT2D eigenvalue weighted by molar-refractivity contribution is 8.00. The van der Waals surface area contributed by atoms with E-state index < -0.39 is 0 Å². The van der Waals surface area contributed by atoms with Crippen molar-refractivity contribution in [1.82, 2.24) is 0 Å². The number of carbonyl (C=O) groups is 2. The second-order valence-electron chi connectivity index (χ2n) is 6.68. The second-order valence-corrected chi connectivity index (χ2v) is 9.50. The maximum Gasteiger partial charge on any atom is 0.237 e. The first-order valence-corrected chi connectivity index (χ1v) is 11.4. The minimum Gasteiger partial charge on any atom is -0.392 e. The molecule has 1 fully saturated rings. The summed E-state index contributed by atoms with van der Waals surface area (Å²) in [6, 6.07) is 11.4. The monoisotopic (exact) mass is 434 g/mol. The molecule has 0 bridgehead atoms. The molecule has 0 aliphatic carbocycles. The summed E-state index contributed by atoms with van der Waals surface area (Å²) in [6.07, 6.45) is 1.63. The maximum absolute atomic E-state index is 12.2. The van der Waals surface area contributed by atoms with Gasteiger partial charge in [0.25, 0.3) is 0 Å². The number of oxime groups is 1. The van der Waals surface area contributed by atoms with Crippen LogP contribution in [0, 0.1) is 0 Å². The van der Waals surface area contributed by atoms with E-state index in [4.69, 9.17) is 16.4 Å². The van der Waals surface area contributed by atoms with Crippen LogP contribution >= 0.6 is 34.7 Å². The van der Waals surface area contributed by atoms with E-state index in [1.165, 1.54) is 11.3 Å². The summed E-state index contributed by atoms with van der Waals surface area (Å²) < 4.78 is 0.625. The van der Waals surface area contributed by atoms with Gasteiger partial charge in [-0.25, -0.2) is 0 Å². The molecule has 28 heavy (non-hydrogen) atoms. The SMILES string of the molecule is O=C(CCC1CC(c2ccc(N3CCSCC3=O)cc2)=NO1)c1ccc(Cl)s1. The Bertz CT molecular complexity index is 910. The Hall–Kier alpha value is -1.83. The lowest BCUT2D eigenvalue weighted by Gasteiger charge is -2.26. The van der Waals surface area contributed by atoms with E-state index >= 15 is 0 Å². The molecule has 4 rings (SSSR count). The Morgan fingerprint density at radius 2 is 2.07 bits per heavy atom. The van der Waals surface area contributed by atoms with E-state index in [2.05, 4.69) is 5.16 Å². The molecule has 1 amide bonds. The summed E-state index contributed by atoms with van der Waals surface area (Å²) in [5.41, 5.74) is 2.79. The maximum atomic E-state index is 12.2. The van der Waals surface area contributed by atoms with Crippen molar-refractivity contribution in [1.29, 1.82) is 0 Å². The van der Waals surface area contributed by atoms with Gasteiger partial charge < -0.3 is 9.74 Å². The number of thioether (sulfide) groups is 1. The first-order valence-electron chi connectivity index (χ1n) is 9.10. The predicted molar refractivity (Wildman–Crippen MR) is 115 cm³/mol. The fraction of sp³-hybridized carbons (Fsp3) is 0.350. The number of benzene rings is 1. The molecule has 1 unspecified atom stereocenters. The van der Waals surface area contributed by atoms with E-state index in [1.807, 2.05) is 29.2 Å². The molecule has 146 valence electrons. The molecule has 1 atom stereocenters. The highest BCUT2D eigenvalue weighted by Gasteiger charge is 2.24. The van der Waals surface area contributed by atoms with E-state index in [0.717, 1.165) is 29.3 Å². The Balaban J connectivity index is 1.31. The van der Waals surface area contributed by atoms with Gasteiger partial charge in [0, 0.05) is 30.8 Å². The van der Waals surface area contributed by atoms with Crippen LogP contribution in [0.1, 0.15) is 34.5 Å². The minimum absolute atomic E-state index is 0.0858. The smallest absolute Gasteiger partial charge is 0.237 e. The Morgan fingerprint density at radius 3 is 2.79 bits per heavy atom. The standard InChI is InChI=1S/C20H19ClN2O3S2/c21-19-8-7-18(28-19)17(24)6-5-15-11-16(22-26-15)13-1-3-14(4-2-13)23-9-10-27-12-20(23)25/h1-4,7-8,15H,5-6,9-12H2. The second kappa shape index (κ2) is 8.68. The zero-order valence-electron chi connectivity index (χ0n) is 15.1. The van der Waals surface area contributed by atoms with Gasteiger partial charge in [0.2, 0.25) is 5.91 Å². The molecular formula is C20H19ClN2O3S2. The van der Waals surface area contributed by atoms with E-state index in [-0.39, 0.29) is 17.8 Å². The minimum atomic E-state index is -0.0882. The lowest BCUT2D eigenvalue weighted by atomic mass is 10.0. The van der Waals surface area contributed by atoms with Gasteiger partial charge in [-0.2, -0.15) is 11.8 Å². The third-order valence-corrected chi connectivity index (χ3v) is 6.97. The largest absolute Gasteiger partial charge is 0.392 e. The van der Waals surface area contributed by atoms with Gasteiger partial charge in [0.05, 0.1) is 20.7 Å². The highest BCUT2D eigenvalue weighted by atomic mass is 35.5. The van der Waals surface area contributed by atoms with E-state index in [9.17, 15) is 9.59 Å². The average Bonchev–Trinajstić information content (AvgIpc) is 3.36. The van der Waals surface area contributed by atoms with Crippen LogP contribution in [0.2, 0.25) is 4.34 Å². The number of Topliss-reactive ketones (excluding diaryl/α,β-unsaturated/α-hetero) is 1. The third-order valence-electron chi connectivity index (χ3n) is 4.77. The molecule has 1 aromatic heterocycles. The van der Waals surface area contributed by atoms with Crippen LogP contribution < -0.4 is 4.90 Å². The number of hydrogen-bond donors (Lipinski definition) is 0. The van der Waals surface area contributed by atoms with Crippen LogP contribution in [0.3, 0.4) is 0 Å². The van der Waals surface area contributed by atoms with Crippen molar-refractivity contribution in [3.05, 3.63) is 51.2 Å². The zero-order valence-corrected chi connectivity index (χ0v) is 17.5. The molecule has 2 aliphatic rings. The van der Waals surface area contributed by atoms with Crippen LogP contribution in [-0.2, 0) is 9.63 Å². The number of thiophene rings is 1. The third kappa shape index (κ3) is 4.42.